The highest BCUT2D eigenvalue weighted by Crippen LogP contribution is 2.33. The molecule has 1 aliphatic carbocycles. The van der Waals surface area contributed by atoms with Gasteiger partial charge in [-0.15, -0.1) is 23.7 Å². The van der Waals surface area contributed by atoms with Crippen molar-refractivity contribution in [1.29, 1.82) is 0 Å². The Bertz CT molecular complexity index is 719. The van der Waals surface area contributed by atoms with E-state index in [-0.39, 0.29) is 18.3 Å². The number of carbonyl (C=O) groups excluding carboxylic acids is 1. The van der Waals surface area contributed by atoms with Crippen molar-refractivity contribution in [3.63, 3.8) is 0 Å². The van der Waals surface area contributed by atoms with Crippen molar-refractivity contribution in [3.05, 3.63) is 23.6 Å². The lowest BCUT2D eigenvalue weighted by atomic mass is 10.1. The Balaban J connectivity index is 0.00000225. The van der Waals surface area contributed by atoms with Crippen molar-refractivity contribution in [2.24, 2.45) is 5.92 Å². The molecule has 1 aromatic heterocycles. The van der Waals surface area contributed by atoms with Gasteiger partial charge in [0.25, 0.3) is 0 Å². The van der Waals surface area contributed by atoms with Crippen LogP contribution in [0.25, 0.3) is 11.3 Å². The molecule has 0 bridgehead atoms. The number of amides is 1. The zero-order valence-electron chi connectivity index (χ0n) is 14.2. The van der Waals surface area contributed by atoms with E-state index in [0.717, 1.165) is 23.7 Å². The smallest absolute Gasteiger partial charge is 0.240 e. The number of thiazole rings is 1. The molecule has 1 aromatic carbocycles. The number of rotatable bonds is 8. The van der Waals surface area contributed by atoms with Crippen LogP contribution in [0.5, 0.6) is 11.5 Å². The number of benzene rings is 1. The van der Waals surface area contributed by atoms with E-state index in [2.05, 4.69) is 15.6 Å². The summed E-state index contributed by atoms with van der Waals surface area (Å²) < 4.78 is 10.5. The van der Waals surface area contributed by atoms with E-state index in [0.29, 0.717) is 23.2 Å². The van der Waals surface area contributed by atoms with Gasteiger partial charge in [0.15, 0.2) is 16.6 Å². The number of nitrogens with zero attached hydrogens (tertiary/aromatic N) is 1. The van der Waals surface area contributed by atoms with Crippen LogP contribution in [0.1, 0.15) is 12.8 Å². The summed E-state index contributed by atoms with van der Waals surface area (Å²) in [5, 5.41) is 8.50. The normalized spacial score (nSPS) is 13.0. The molecule has 6 nitrogen and oxygen atoms in total. The van der Waals surface area contributed by atoms with Crippen molar-refractivity contribution < 1.29 is 14.3 Å². The summed E-state index contributed by atoms with van der Waals surface area (Å²) in [6.07, 6.45) is 2.55. The SMILES string of the molecule is COc1ccc(-c2csc(NC(=O)CNCC3CC3)n2)cc1OC.Cl. The average molecular weight is 384 g/mol. The molecule has 1 aliphatic rings. The lowest BCUT2D eigenvalue weighted by Gasteiger charge is -2.08. The monoisotopic (exact) mass is 383 g/mol. The Morgan fingerprint density at radius 3 is 2.72 bits per heavy atom. The minimum atomic E-state index is -0.0659. The highest BCUT2D eigenvalue weighted by molar-refractivity contribution is 7.14. The van der Waals surface area contributed by atoms with Gasteiger partial charge in [-0.05, 0) is 43.5 Å². The number of carbonyl (C=O) groups is 1. The molecule has 0 spiro atoms. The zero-order chi connectivity index (χ0) is 16.9. The van der Waals surface area contributed by atoms with Gasteiger partial charge < -0.3 is 20.1 Å². The standard InChI is InChI=1S/C17H21N3O3S.ClH/c1-22-14-6-5-12(7-15(14)23-2)13-10-24-17(19-13)20-16(21)9-18-8-11-3-4-11;/h5-7,10-11,18H,3-4,8-9H2,1-2H3,(H,19,20,21);1H. The molecule has 0 unspecified atom stereocenters. The molecule has 0 aliphatic heterocycles. The molecule has 8 heteroatoms. The zero-order valence-corrected chi connectivity index (χ0v) is 15.8. The average Bonchev–Trinajstić information content (AvgIpc) is 3.31. The van der Waals surface area contributed by atoms with Crippen LogP contribution < -0.4 is 20.1 Å². The third-order valence-corrected chi connectivity index (χ3v) is 4.60. The van der Waals surface area contributed by atoms with E-state index < -0.39 is 0 Å². The topological polar surface area (TPSA) is 72.5 Å². The van der Waals surface area contributed by atoms with Gasteiger partial charge in [0.1, 0.15) is 0 Å². The summed E-state index contributed by atoms with van der Waals surface area (Å²) in [6, 6.07) is 5.63. The van der Waals surface area contributed by atoms with E-state index in [9.17, 15) is 4.79 Å². The van der Waals surface area contributed by atoms with Crippen LogP contribution in [0, 0.1) is 5.92 Å². The van der Waals surface area contributed by atoms with Crippen LogP contribution >= 0.6 is 23.7 Å². The van der Waals surface area contributed by atoms with Gasteiger partial charge >= 0.3 is 0 Å². The van der Waals surface area contributed by atoms with Crippen molar-refractivity contribution in [3.8, 4) is 22.8 Å². The van der Waals surface area contributed by atoms with Crippen molar-refractivity contribution in [2.45, 2.75) is 12.8 Å². The number of aromatic nitrogens is 1. The Labute approximate surface area is 157 Å². The van der Waals surface area contributed by atoms with E-state index in [1.165, 1.54) is 24.2 Å². The largest absolute Gasteiger partial charge is 0.493 e. The van der Waals surface area contributed by atoms with Gasteiger partial charge in [-0.1, -0.05) is 0 Å². The summed E-state index contributed by atoms with van der Waals surface area (Å²) in [6.45, 7) is 1.24. The summed E-state index contributed by atoms with van der Waals surface area (Å²) in [4.78, 5) is 16.4. The molecule has 136 valence electrons. The second kappa shape index (κ2) is 9.03. The number of halogens is 1. The number of anilines is 1. The van der Waals surface area contributed by atoms with Gasteiger partial charge in [0, 0.05) is 10.9 Å². The molecule has 1 saturated carbocycles. The molecule has 25 heavy (non-hydrogen) atoms. The number of methoxy groups -OCH3 is 2. The molecular weight excluding hydrogens is 362 g/mol. The molecule has 1 amide bonds. The van der Waals surface area contributed by atoms with Gasteiger partial charge in [0.05, 0.1) is 26.5 Å². The Hall–Kier alpha value is -1.83. The van der Waals surface area contributed by atoms with Crippen LogP contribution in [0.3, 0.4) is 0 Å². The summed E-state index contributed by atoms with van der Waals surface area (Å²) in [5.41, 5.74) is 1.71. The van der Waals surface area contributed by atoms with Crippen molar-refractivity contribution in [2.75, 3.05) is 32.6 Å². The van der Waals surface area contributed by atoms with Gasteiger partial charge in [0.2, 0.25) is 5.91 Å². The third-order valence-electron chi connectivity index (χ3n) is 3.85. The molecule has 1 fully saturated rings. The quantitative estimate of drug-likeness (QED) is 0.732. The maximum atomic E-state index is 11.9. The molecule has 0 saturated heterocycles. The summed E-state index contributed by atoms with van der Waals surface area (Å²) in [7, 11) is 3.20. The van der Waals surface area contributed by atoms with Gasteiger partial charge in [-0.3, -0.25) is 4.79 Å². The molecule has 2 N–H and O–H groups in total. The number of hydrogen-bond donors (Lipinski definition) is 2. The van der Waals surface area contributed by atoms with E-state index in [1.807, 2.05) is 23.6 Å². The third kappa shape index (κ3) is 5.32. The van der Waals surface area contributed by atoms with Crippen molar-refractivity contribution in [1.82, 2.24) is 10.3 Å². The van der Waals surface area contributed by atoms with Crippen LogP contribution in [0.15, 0.2) is 23.6 Å². The Morgan fingerprint density at radius 1 is 1.28 bits per heavy atom. The van der Waals surface area contributed by atoms with Crippen LogP contribution in [-0.2, 0) is 4.79 Å². The lowest BCUT2D eigenvalue weighted by molar-refractivity contribution is -0.115. The van der Waals surface area contributed by atoms with Crippen molar-refractivity contribution >= 4 is 34.8 Å². The fourth-order valence-corrected chi connectivity index (χ4v) is 3.07. The first kappa shape index (κ1) is 19.5. The lowest BCUT2D eigenvalue weighted by Crippen LogP contribution is -2.29. The summed E-state index contributed by atoms with van der Waals surface area (Å²) in [5.74, 6) is 2.02. The second-order valence-electron chi connectivity index (χ2n) is 5.73. The van der Waals surface area contributed by atoms with Crippen LogP contribution in [0.4, 0.5) is 5.13 Å². The Kier molecular flexibility index (Phi) is 7.04. The van der Waals surface area contributed by atoms with E-state index >= 15 is 0 Å². The molecule has 3 rings (SSSR count). The van der Waals surface area contributed by atoms with Gasteiger partial charge in [-0.25, -0.2) is 4.98 Å². The number of nitrogens with one attached hydrogen (secondary N) is 2. The minimum Gasteiger partial charge on any atom is -0.493 e. The molecule has 1 heterocycles. The fraction of sp³-hybridized carbons (Fsp3) is 0.412. The highest BCUT2D eigenvalue weighted by atomic mass is 35.5. The Morgan fingerprint density at radius 2 is 2.04 bits per heavy atom. The highest BCUT2D eigenvalue weighted by Gasteiger charge is 2.20. The molecule has 0 radical (unpaired) electrons. The molecule has 0 atom stereocenters. The fourth-order valence-electron chi connectivity index (χ4n) is 2.33. The maximum Gasteiger partial charge on any atom is 0.240 e. The minimum absolute atomic E-state index is 0. The predicted molar refractivity (Wildman–Crippen MR) is 102 cm³/mol. The van der Waals surface area contributed by atoms with Crippen LogP contribution in [0.2, 0.25) is 0 Å². The first-order valence-electron chi connectivity index (χ1n) is 7.88. The first-order chi connectivity index (χ1) is 11.7. The predicted octanol–water partition coefficient (Wildman–Crippen LogP) is 3.19. The first-order valence-corrected chi connectivity index (χ1v) is 8.76. The van der Waals surface area contributed by atoms with E-state index in [4.69, 9.17) is 9.47 Å². The molecule has 2 aromatic rings. The number of hydrogen-bond acceptors (Lipinski definition) is 6. The summed E-state index contributed by atoms with van der Waals surface area (Å²) >= 11 is 1.41. The van der Waals surface area contributed by atoms with Gasteiger partial charge in [-0.2, -0.15) is 0 Å². The maximum absolute atomic E-state index is 11.9. The number of ether oxygens (including phenoxy) is 2. The van der Waals surface area contributed by atoms with E-state index in [1.54, 1.807) is 14.2 Å². The second-order valence-corrected chi connectivity index (χ2v) is 6.59. The molecular formula is C17H22ClN3O3S. The van der Waals surface area contributed by atoms with Crippen LogP contribution in [-0.4, -0.2) is 38.2 Å².